The van der Waals surface area contributed by atoms with Crippen molar-refractivity contribution in [3.05, 3.63) is 77.6 Å². The molecule has 0 radical (unpaired) electrons. The summed E-state index contributed by atoms with van der Waals surface area (Å²) in [4.78, 5) is 19.7. The van der Waals surface area contributed by atoms with Crippen molar-refractivity contribution in [3.8, 4) is 0 Å². The molecule has 2 N–H and O–H groups in total. The molecular formula is C23H21ClF3N5O3S. The maximum absolute atomic E-state index is 12.8. The lowest BCUT2D eigenvalue weighted by Crippen LogP contribution is -2.26. The second kappa shape index (κ2) is 10.3. The van der Waals surface area contributed by atoms with Gasteiger partial charge >= 0.3 is 11.5 Å². The van der Waals surface area contributed by atoms with Gasteiger partial charge in [-0.3, -0.25) is 9.88 Å². The monoisotopic (exact) mass is 539 g/mol. The SMILES string of the molecule is O=C(Nc1ccc(Cl)cc1)Nc1cnccc1CN1CCN(c2ccc(S(=O)(=O)C(F)(F)F)cc2)C1. The number of rotatable bonds is 6. The number of halogens is 4. The Labute approximate surface area is 210 Å². The number of carbonyl (C=O) groups is 1. The molecule has 1 aromatic heterocycles. The van der Waals surface area contributed by atoms with Crippen molar-refractivity contribution in [3.63, 3.8) is 0 Å². The van der Waals surface area contributed by atoms with Crippen molar-refractivity contribution in [2.75, 3.05) is 35.3 Å². The minimum atomic E-state index is -5.39. The van der Waals surface area contributed by atoms with Gasteiger partial charge in [0, 0.05) is 42.2 Å². The molecule has 0 saturated carbocycles. The highest BCUT2D eigenvalue weighted by Gasteiger charge is 2.46. The smallest absolute Gasteiger partial charge is 0.357 e. The molecule has 1 saturated heterocycles. The second-order valence-corrected chi connectivity index (χ2v) is 10.4. The highest BCUT2D eigenvalue weighted by molar-refractivity contribution is 7.92. The molecule has 2 amide bonds. The topological polar surface area (TPSA) is 94.6 Å². The van der Waals surface area contributed by atoms with Crippen molar-refractivity contribution in [1.29, 1.82) is 0 Å². The van der Waals surface area contributed by atoms with E-state index in [1.54, 1.807) is 42.7 Å². The van der Waals surface area contributed by atoms with Gasteiger partial charge in [-0.25, -0.2) is 13.2 Å². The van der Waals surface area contributed by atoms with E-state index in [2.05, 4.69) is 20.5 Å². The normalized spacial score (nSPS) is 14.6. The van der Waals surface area contributed by atoms with E-state index in [1.165, 1.54) is 12.1 Å². The van der Waals surface area contributed by atoms with Gasteiger partial charge in [-0.1, -0.05) is 11.6 Å². The number of aromatic nitrogens is 1. The van der Waals surface area contributed by atoms with Gasteiger partial charge in [-0.2, -0.15) is 13.2 Å². The molecule has 2 heterocycles. The summed E-state index contributed by atoms with van der Waals surface area (Å²) >= 11 is 5.86. The Morgan fingerprint density at radius 2 is 1.69 bits per heavy atom. The Balaban J connectivity index is 1.38. The Bertz CT molecular complexity index is 1340. The number of hydrogen-bond acceptors (Lipinski definition) is 6. The molecule has 0 atom stereocenters. The van der Waals surface area contributed by atoms with Gasteiger partial charge in [0.25, 0.3) is 9.84 Å². The molecule has 3 aromatic rings. The van der Waals surface area contributed by atoms with Crippen LogP contribution in [0.4, 0.5) is 35.0 Å². The molecule has 1 fully saturated rings. The van der Waals surface area contributed by atoms with E-state index in [1.807, 2.05) is 4.90 Å². The van der Waals surface area contributed by atoms with Crippen molar-refractivity contribution >= 4 is 44.5 Å². The zero-order valence-electron chi connectivity index (χ0n) is 18.7. The molecule has 0 unspecified atom stereocenters. The quantitative estimate of drug-likeness (QED) is 0.460. The fourth-order valence-electron chi connectivity index (χ4n) is 3.69. The molecule has 36 heavy (non-hydrogen) atoms. The summed E-state index contributed by atoms with van der Waals surface area (Å²) in [5.41, 5.74) is -2.81. The van der Waals surface area contributed by atoms with Gasteiger partial charge < -0.3 is 15.5 Å². The summed E-state index contributed by atoms with van der Waals surface area (Å²) in [5, 5.41) is 6.06. The number of hydrogen-bond donors (Lipinski definition) is 2. The molecule has 1 aliphatic heterocycles. The molecule has 13 heteroatoms. The number of carbonyl (C=O) groups excluding carboxylic acids is 1. The van der Waals surface area contributed by atoms with Gasteiger partial charge in [0.05, 0.1) is 23.4 Å². The van der Waals surface area contributed by atoms with Crippen LogP contribution in [0.1, 0.15) is 5.56 Å². The lowest BCUT2D eigenvalue weighted by Gasteiger charge is -2.21. The highest BCUT2D eigenvalue weighted by atomic mass is 35.5. The fraction of sp³-hybridized carbons (Fsp3) is 0.217. The van der Waals surface area contributed by atoms with Gasteiger partial charge in [0.2, 0.25) is 0 Å². The van der Waals surface area contributed by atoms with E-state index in [0.29, 0.717) is 48.4 Å². The first kappa shape index (κ1) is 25.7. The van der Waals surface area contributed by atoms with Crippen molar-refractivity contribution in [1.82, 2.24) is 9.88 Å². The predicted octanol–water partition coefficient (Wildman–Crippen LogP) is 4.95. The summed E-state index contributed by atoms with van der Waals surface area (Å²) in [7, 11) is -5.39. The fourth-order valence-corrected chi connectivity index (χ4v) is 4.57. The number of urea groups is 1. The zero-order valence-corrected chi connectivity index (χ0v) is 20.2. The van der Waals surface area contributed by atoms with E-state index in [0.717, 1.165) is 17.7 Å². The van der Waals surface area contributed by atoms with E-state index < -0.39 is 26.3 Å². The van der Waals surface area contributed by atoms with Crippen LogP contribution >= 0.6 is 11.6 Å². The van der Waals surface area contributed by atoms with E-state index in [9.17, 15) is 26.4 Å². The number of pyridine rings is 1. The number of amides is 2. The minimum Gasteiger partial charge on any atom is -0.357 e. The highest BCUT2D eigenvalue weighted by Crippen LogP contribution is 2.31. The zero-order chi connectivity index (χ0) is 25.9. The van der Waals surface area contributed by atoms with Crippen LogP contribution in [0.3, 0.4) is 0 Å². The van der Waals surface area contributed by atoms with E-state index in [4.69, 9.17) is 11.6 Å². The molecular weight excluding hydrogens is 519 g/mol. The number of nitrogens with zero attached hydrogens (tertiary/aromatic N) is 3. The Hall–Kier alpha value is -3.35. The van der Waals surface area contributed by atoms with Crippen molar-refractivity contribution in [2.45, 2.75) is 16.9 Å². The third kappa shape index (κ3) is 5.89. The average Bonchev–Trinajstić information content (AvgIpc) is 3.30. The maximum Gasteiger partial charge on any atom is 0.501 e. The molecule has 4 rings (SSSR count). The third-order valence-electron chi connectivity index (χ3n) is 5.53. The average molecular weight is 540 g/mol. The van der Waals surface area contributed by atoms with Crippen LogP contribution in [0.25, 0.3) is 0 Å². The van der Waals surface area contributed by atoms with E-state index >= 15 is 0 Å². The molecule has 1 aliphatic rings. The minimum absolute atomic E-state index is 0.441. The molecule has 0 bridgehead atoms. The van der Waals surface area contributed by atoms with Crippen LogP contribution in [0.2, 0.25) is 5.02 Å². The lowest BCUT2D eigenvalue weighted by atomic mass is 10.2. The number of nitrogens with one attached hydrogen (secondary N) is 2. The Morgan fingerprint density at radius 3 is 2.36 bits per heavy atom. The first-order chi connectivity index (χ1) is 17.0. The summed E-state index contributed by atoms with van der Waals surface area (Å²) in [6, 6.07) is 12.7. The van der Waals surface area contributed by atoms with Crippen molar-refractivity contribution < 1.29 is 26.4 Å². The first-order valence-electron chi connectivity index (χ1n) is 10.7. The number of anilines is 3. The largest absolute Gasteiger partial charge is 0.501 e. The molecule has 0 spiro atoms. The van der Waals surface area contributed by atoms with Crippen LogP contribution in [0, 0.1) is 0 Å². The number of benzene rings is 2. The molecule has 8 nitrogen and oxygen atoms in total. The molecule has 0 aliphatic carbocycles. The van der Waals surface area contributed by atoms with Crippen LogP contribution in [-0.4, -0.2) is 49.6 Å². The number of sulfone groups is 1. The lowest BCUT2D eigenvalue weighted by molar-refractivity contribution is -0.0436. The van der Waals surface area contributed by atoms with Crippen molar-refractivity contribution in [2.24, 2.45) is 0 Å². The van der Waals surface area contributed by atoms with Gasteiger partial charge in [0.15, 0.2) is 0 Å². The van der Waals surface area contributed by atoms with Crippen LogP contribution in [0.15, 0.2) is 71.9 Å². The van der Waals surface area contributed by atoms with Gasteiger partial charge in [-0.15, -0.1) is 0 Å². The third-order valence-corrected chi connectivity index (χ3v) is 7.28. The summed E-state index contributed by atoms with van der Waals surface area (Å²) in [5.74, 6) is 0. The second-order valence-electron chi connectivity index (χ2n) is 8.02. The summed E-state index contributed by atoms with van der Waals surface area (Å²) < 4.78 is 61.5. The van der Waals surface area contributed by atoms with Crippen LogP contribution in [0.5, 0.6) is 0 Å². The standard InChI is InChI=1S/C23H21ClF3N5O3S/c24-17-1-3-18(4-2-17)29-22(33)30-21-13-28-10-9-16(21)14-31-11-12-32(15-31)19-5-7-20(8-6-19)36(34,35)23(25,26)27/h1-10,13H,11-12,14-15H2,(H2,29,30,33). The maximum atomic E-state index is 12.8. The predicted molar refractivity (Wildman–Crippen MR) is 131 cm³/mol. The Morgan fingerprint density at radius 1 is 1.00 bits per heavy atom. The number of alkyl halides is 3. The Kier molecular flexibility index (Phi) is 7.38. The molecule has 190 valence electrons. The van der Waals surface area contributed by atoms with Crippen LogP contribution in [-0.2, 0) is 16.4 Å². The van der Waals surface area contributed by atoms with E-state index in [-0.39, 0.29) is 0 Å². The summed E-state index contributed by atoms with van der Waals surface area (Å²) in [6.07, 6.45) is 3.16. The summed E-state index contributed by atoms with van der Waals surface area (Å²) in [6.45, 7) is 2.19. The van der Waals surface area contributed by atoms with Crippen LogP contribution < -0.4 is 15.5 Å². The van der Waals surface area contributed by atoms with Gasteiger partial charge in [-0.05, 0) is 60.2 Å². The molecule has 2 aromatic carbocycles. The van der Waals surface area contributed by atoms with Gasteiger partial charge in [0.1, 0.15) is 0 Å². The first-order valence-corrected chi connectivity index (χ1v) is 12.5.